The molecule has 0 aliphatic carbocycles. The summed E-state index contributed by atoms with van der Waals surface area (Å²) in [4.78, 5) is 0.251. The average Bonchev–Trinajstić information content (AvgIpc) is 2.75. The van der Waals surface area contributed by atoms with Crippen molar-refractivity contribution in [3.63, 3.8) is 0 Å². The highest BCUT2D eigenvalue weighted by molar-refractivity contribution is 7.89. The van der Waals surface area contributed by atoms with Crippen LogP contribution in [0.25, 0.3) is 0 Å². The van der Waals surface area contributed by atoms with Gasteiger partial charge in [-0.2, -0.15) is 5.10 Å². The number of hydrogen-bond acceptors (Lipinski definition) is 4. The molecule has 0 fully saturated rings. The van der Waals surface area contributed by atoms with Crippen LogP contribution in [0.2, 0.25) is 0 Å². The molecule has 0 atom stereocenters. The monoisotopic (exact) mass is 280 g/mol. The van der Waals surface area contributed by atoms with Gasteiger partial charge in [0, 0.05) is 31.5 Å². The van der Waals surface area contributed by atoms with Gasteiger partial charge < -0.3 is 5.32 Å². The Morgan fingerprint density at radius 3 is 2.42 bits per heavy atom. The van der Waals surface area contributed by atoms with E-state index in [1.807, 2.05) is 19.3 Å². The second kappa shape index (κ2) is 5.41. The first-order valence-electron chi connectivity index (χ1n) is 5.87. The van der Waals surface area contributed by atoms with Crippen LogP contribution in [0.5, 0.6) is 0 Å². The molecule has 7 heteroatoms. The lowest BCUT2D eigenvalue weighted by atomic mass is 10.3. The molecule has 0 amide bonds. The van der Waals surface area contributed by atoms with Crippen LogP contribution in [0.4, 0.5) is 11.5 Å². The van der Waals surface area contributed by atoms with Crippen LogP contribution >= 0.6 is 0 Å². The zero-order valence-electron chi connectivity index (χ0n) is 10.8. The van der Waals surface area contributed by atoms with Gasteiger partial charge in [-0.05, 0) is 24.3 Å². The summed E-state index contributed by atoms with van der Waals surface area (Å²) in [5, 5.41) is 7.27. The van der Waals surface area contributed by atoms with Crippen molar-refractivity contribution in [3.05, 3.63) is 36.5 Å². The molecular weight excluding hydrogens is 264 g/mol. The third kappa shape index (κ3) is 3.33. The third-order valence-corrected chi connectivity index (χ3v) is 4.05. The second-order valence-corrected chi connectivity index (χ2v) is 5.79. The molecular formula is C12H16N4O2S. The van der Waals surface area contributed by atoms with Gasteiger partial charge in [0.15, 0.2) is 5.82 Å². The van der Waals surface area contributed by atoms with Crippen LogP contribution in [-0.2, 0) is 17.1 Å². The number of nitrogens with one attached hydrogen (secondary N) is 2. The van der Waals surface area contributed by atoms with Crippen LogP contribution in [0.1, 0.15) is 6.92 Å². The molecule has 0 unspecified atom stereocenters. The van der Waals surface area contributed by atoms with Crippen molar-refractivity contribution < 1.29 is 8.42 Å². The lowest BCUT2D eigenvalue weighted by molar-refractivity contribution is 0.584. The van der Waals surface area contributed by atoms with Gasteiger partial charge in [0.25, 0.3) is 0 Å². The van der Waals surface area contributed by atoms with Crippen LogP contribution in [0.15, 0.2) is 41.4 Å². The highest BCUT2D eigenvalue weighted by Gasteiger charge is 2.11. The van der Waals surface area contributed by atoms with Crippen LogP contribution in [-0.4, -0.2) is 24.7 Å². The first-order valence-corrected chi connectivity index (χ1v) is 7.36. The molecule has 1 heterocycles. The highest BCUT2D eigenvalue weighted by Crippen LogP contribution is 2.17. The minimum Gasteiger partial charge on any atom is -0.339 e. The van der Waals surface area contributed by atoms with Gasteiger partial charge in [-0.3, -0.25) is 4.68 Å². The van der Waals surface area contributed by atoms with Crippen molar-refractivity contribution in [2.24, 2.45) is 7.05 Å². The molecule has 2 N–H and O–H groups in total. The molecule has 6 nitrogen and oxygen atoms in total. The Bertz CT molecular complexity index is 647. The molecule has 0 radical (unpaired) electrons. The van der Waals surface area contributed by atoms with Crippen LogP contribution in [0, 0.1) is 0 Å². The fraction of sp³-hybridized carbons (Fsp3) is 0.250. The molecule has 0 saturated carbocycles. The molecule has 1 aromatic carbocycles. The molecule has 2 rings (SSSR count). The Labute approximate surface area is 112 Å². The van der Waals surface area contributed by atoms with E-state index in [9.17, 15) is 8.42 Å². The molecule has 19 heavy (non-hydrogen) atoms. The van der Waals surface area contributed by atoms with E-state index in [0.29, 0.717) is 12.4 Å². The molecule has 2 aromatic rings. The zero-order chi connectivity index (χ0) is 13.9. The lowest BCUT2D eigenvalue weighted by Gasteiger charge is -2.06. The summed E-state index contributed by atoms with van der Waals surface area (Å²) in [7, 11) is -1.56. The summed E-state index contributed by atoms with van der Waals surface area (Å²) >= 11 is 0. The number of aromatic nitrogens is 2. The van der Waals surface area contributed by atoms with Crippen molar-refractivity contribution in [1.29, 1.82) is 0 Å². The molecule has 0 saturated heterocycles. The number of rotatable bonds is 5. The topological polar surface area (TPSA) is 76.0 Å². The van der Waals surface area contributed by atoms with E-state index in [1.165, 1.54) is 0 Å². The standard InChI is InChI=1S/C12H16N4O2S/c1-3-13-19(17,18)11-6-4-10(5-7-11)14-12-8-9-16(2)15-12/h4-9,13H,3H2,1-2H3,(H,14,15). The van der Waals surface area contributed by atoms with Gasteiger partial charge in [0.1, 0.15) is 0 Å². The summed E-state index contributed by atoms with van der Waals surface area (Å²) in [6, 6.07) is 8.37. The molecule has 0 aliphatic heterocycles. The van der Waals surface area contributed by atoms with E-state index in [2.05, 4.69) is 15.1 Å². The largest absolute Gasteiger partial charge is 0.339 e. The lowest BCUT2D eigenvalue weighted by Crippen LogP contribution is -2.22. The summed E-state index contributed by atoms with van der Waals surface area (Å²) in [6.07, 6.45) is 1.83. The number of benzene rings is 1. The quantitative estimate of drug-likeness (QED) is 0.869. The van der Waals surface area contributed by atoms with E-state index >= 15 is 0 Å². The van der Waals surface area contributed by atoms with E-state index in [-0.39, 0.29) is 4.90 Å². The minimum atomic E-state index is -3.39. The predicted octanol–water partition coefficient (Wildman–Crippen LogP) is 1.46. The van der Waals surface area contributed by atoms with Crippen molar-refractivity contribution in [2.45, 2.75) is 11.8 Å². The fourth-order valence-corrected chi connectivity index (χ4v) is 2.66. The number of hydrogen-bond donors (Lipinski definition) is 2. The first kappa shape index (κ1) is 13.6. The van der Waals surface area contributed by atoms with E-state index in [1.54, 1.807) is 35.9 Å². The Kier molecular flexibility index (Phi) is 3.87. The van der Waals surface area contributed by atoms with E-state index < -0.39 is 10.0 Å². The summed E-state index contributed by atoms with van der Waals surface area (Å²) < 4.78 is 27.6. The van der Waals surface area contributed by atoms with Crippen molar-refractivity contribution >= 4 is 21.5 Å². The Morgan fingerprint density at radius 1 is 1.21 bits per heavy atom. The fourth-order valence-electron chi connectivity index (χ4n) is 1.62. The van der Waals surface area contributed by atoms with Crippen molar-refractivity contribution in [1.82, 2.24) is 14.5 Å². The minimum absolute atomic E-state index is 0.251. The maximum atomic E-state index is 11.8. The third-order valence-electron chi connectivity index (χ3n) is 2.48. The van der Waals surface area contributed by atoms with Gasteiger partial charge >= 0.3 is 0 Å². The zero-order valence-corrected chi connectivity index (χ0v) is 11.6. The Morgan fingerprint density at radius 2 is 1.89 bits per heavy atom. The van der Waals surface area contributed by atoms with Gasteiger partial charge in [0.2, 0.25) is 10.0 Å². The number of aryl methyl sites for hydroxylation is 1. The van der Waals surface area contributed by atoms with Gasteiger partial charge in [-0.15, -0.1) is 0 Å². The maximum Gasteiger partial charge on any atom is 0.240 e. The average molecular weight is 280 g/mol. The number of sulfonamides is 1. The normalized spacial score (nSPS) is 11.5. The SMILES string of the molecule is CCNS(=O)(=O)c1ccc(Nc2ccn(C)n2)cc1. The van der Waals surface area contributed by atoms with Crippen molar-refractivity contribution in [3.8, 4) is 0 Å². The number of anilines is 2. The van der Waals surface area contributed by atoms with E-state index in [0.717, 1.165) is 5.69 Å². The number of nitrogens with zero attached hydrogens (tertiary/aromatic N) is 2. The summed E-state index contributed by atoms with van der Waals surface area (Å²) in [5.41, 5.74) is 0.786. The van der Waals surface area contributed by atoms with Crippen LogP contribution < -0.4 is 10.0 Å². The van der Waals surface area contributed by atoms with Gasteiger partial charge in [-0.1, -0.05) is 6.92 Å². The van der Waals surface area contributed by atoms with Gasteiger partial charge in [0.05, 0.1) is 4.90 Å². The van der Waals surface area contributed by atoms with Gasteiger partial charge in [-0.25, -0.2) is 13.1 Å². The smallest absolute Gasteiger partial charge is 0.240 e. The molecule has 102 valence electrons. The first-order chi connectivity index (χ1) is 9.01. The Hall–Kier alpha value is -1.86. The Balaban J connectivity index is 2.15. The highest BCUT2D eigenvalue weighted by atomic mass is 32.2. The molecule has 1 aromatic heterocycles. The second-order valence-electron chi connectivity index (χ2n) is 4.03. The van der Waals surface area contributed by atoms with Crippen LogP contribution in [0.3, 0.4) is 0 Å². The van der Waals surface area contributed by atoms with Crippen molar-refractivity contribution in [2.75, 3.05) is 11.9 Å². The molecule has 0 aliphatic rings. The molecule has 0 spiro atoms. The summed E-state index contributed by atoms with van der Waals surface area (Å²) in [5.74, 6) is 0.713. The van der Waals surface area contributed by atoms with E-state index in [4.69, 9.17) is 0 Å². The molecule has 0 bridgehead atoms. The maximum absolute atomic E-state index is 11.8. The summed E-state index contributed by atoms with van der Waals surface area (Å²) in [6.45, 7) is 2.12. The predicted molar refractivity (Wildman–Crippen MR) is 73.8 cm³/mol.